The molecule has 35 heavy (non-hydrogen) atoms. The summed E-state index contributed by atoms with van der Waals surface area (Å²) in [6, 6.07) is 22.9. The molecule has 7 heteroatoms. The number of esters is 1. The van der Waals surface area contributed by atoms with Crippen LogP contribution in [0.25, 0.3) is 6.08 Å². The van der Waals surface area contributed by atoms with Gasteiger partial charge >= 0.3 is 5.97 Å². The molecular formula is C28H26N2O4S. The maximum Gasteiger partial charge on any atom is 0.344 e. The van der Waals surface area contributed by atoms with Crippen molar-refractivity contribution in [3.63, 3.8) is 0 Å². The van der Waals surface area contributed by atoms with Crippen molar-refractivity contribution in [1.82, 2.24) is 0 Å². The summed E-state index contributed by atoms with van der Waals surface area (Å²) in [5.41, 5.74) is 4.44. The summed E-state index contributed by atoms with van der Waals surface area (Å²) in [5.74, 6) is -0.128. The monoisotopic (exact) mass is 486 g/mol. The van der Waals surface area contributed by atoms with Crippen molar-refractivity contribution in [3.05, 3.63) is 94.4 Å². The Bertz CT molecular complexity index is 1280. The van der Waals surface area contributed by atoms with E-state index in [-0.39, 0.29) is 19.1 Å². The number of hydrogen-bond donors (Lipinski definition) is 0. The Morgan fingerprint density at radius 1 is 0.971 bits per heavy atom. The number of anilines is 1. The Kier molecular flexibility index (Phi) is 7.67. The molecule has 0 radical (unpaired) electrons. The molecule has 4 rings (SSSR count). The zero-order valence-electron chi connectivity index (χ0n) is 19.9. The first-order valence-corrected chi connectivity index (χ1v) is 12.1. The van der Waals surface area contributed by atoms with E-state index in [0.29, 0.717) is 21.4 Å². The van der Waals surface area contributed by atoms with Gasteiger partial charge in [0.15, 0.2) is 11.8 Å². The fourth-order valence-corrected chi connectivity index (χ4v) is 4.40. The van der Waals surface area contributed by atoms with Gasteiger partial charge in [-0.3, -0.25) is 9.69 Å². The zero-order chi connectivity index (χ0) is 24.8. The predicted octanol–water partition coefficient (Wildman–Crippen LogP) is 6.05. The van der Waals surface area contributed by atoms with Crippen molar-refractivity contribution >= 4 is 46.3 Å². The number of amides is 1. The summed E-state index contributed by atoms with van der Waals surface area (Å²) < 4.78 is 10.6. The second-order valence-corrected chi connectivity index (χ2v) is 8.96. The molecule has 0 unspecified atom stereocenters. The first-order valence-electron chi connectivity index (χ1n) is 11.3. The van der Waals surface area contributed by atoms with Crippen LogP contribution in [-0.2, 0) is 14.3 Å². The topological polar surface area (TPSA) is 68.2 Å². The highest BCUT2D eigenvalue weighted by Crippen LogP contribution is 2.38. The van der Waals surface area contributed by atoms with Crippen LogP contribution in [0.2, 0.25) is 0 Å². The number of para-hydroxylation sites is 1. The lowest BCUT2D eigenvalue weighted by molar-refractivity contribution is -0.145. The molecule has 1 amide bonds. The zero-order valence-corrected chi connectivity index (χ0v) is 20.7. The van der Waals surface area contributed by atoms with Crippen molar-refractivity contribution < 1.29 is 19.1 Å². The summed E-state index contributed by atoms with van der Waals surface area (Å²) in [6.07, 6.45) is 1.77. The van der Waals surface area contributed by atoms with E-state index in [1.807, 2.05) is 80.6 Å². The number of thioether (sulfide) groups is 1. The SMILES string of the molecule is CCOC(=O)COc1ccccc1C=C1SC(=Nc2ccc(C)cc2)N(c2ccc(C)cc2)C1=O. The number of aryl methyl sites for hydroxylation is 2. The molecule has 178 valence electrons. The molecule has 0 spiro atoms. The van der Waals surface area contributed by atoms with Crippen molar-refractivity contribution in [2.24, 2.45) is 4.99 Å². The summed E-state index contributed by atoms with van der Waals surface area (Å²) >= 11 is 1.30. The van der Waals surface area contributed by atoms with Gasteiger partial charge < -0.3 is 9.47 Å². The molecule has 0 atom stereocenters. The van der Waals surface area contributed by atoms with Crippen molar-refractivity contribution in [2.75, 3.05) is 18.1 Å². The third-order valence-electron chi connectivity index (χ3n) is 5.21. The van der Waals surface area contributed by atoms with E-state index >= 15 is 0 Å². The van der Waals surface area contributed by atoms with E-state index in [9.17, 15) is 9.59 Å². The van der Waals surface area contributed by atoms with Crippen LogP contribution in [0.5, 0.6) is 5.75 Å². The van der Waals surface area contributed by atoms with Crippen LogP contribution < -0.4 is 9.64 Å². The van der Waals surface area contributed by atoms with Crippen LogP contribution in [0.3, 0.4) is 0 Å². The van der Waals surface area contributed by atoms with E-state index in [1.54, 1.807) is 24.0 Å². The number of amidine groups is 1. The number of nitrogens with zero attached hydrogens (tertiary/aromatic N) is 2. The van der Waals surface area contributed by atoms with Gasteiger partial charge in [0.1, 0.15) is 5.75 Å². The molecule has 1 fully saturated rings. The Labute approximate surface area is 209 Å². The van der Waals surface area contributed by atoms with Crippen molar-refractivity contribution in [1.29, 1.82) is 0 Å². The van der Waals surface area contributed by atoms with Crippen LogP contribution in [0.15, 0.2) is 82.7 Å². The normalized spacial score (nSPS) is 15.6. The molecule has 6 nitrogen and oxygen atoms in total. The molecule has 0 saturated carbocycles. The van der Waals surface area contributed by atoms with Crippen molar-refractivity contribution in [3.8, 4) is 5.75 Å². The molecule has 1 aliphatic heterocycles. The molecule has 0 aliphatic carbocycles. The minimum absolute atomic E-state index is 0.176. The third kappa shape index (κ3) is 6.00. The Balaban J connectivity index is 1.69. The van der Waals surface area contributed by atoms with Crippen LogP contribution in [-0.4, -0.2) is 30.3 Å². The summed E-state index contributed by atoms with van der Waals surface area (Å²) in [5, 5.41) is 0.568. The molecule has 0 N–H and O–H groups in total. The Morgan fingerprint density at radius 2 is 1.63 bits per heavy atom. The van der Waals surface area contributed by atoms with E-state index in [1.165, 1.54) is 11.8 Å². The van der Waals surface area contributed by atoms with Gasteiger partial charge in [-0.15, -0.1) is 0 Å². The van der Waals surface area contributed by atoms with E-state index < -0.39 is 5.97 Å². The first kappa shape index (κ1) is 24.3. The van der Waals surface area contributed by atoms with Crippen LogP contribution in [0.1, 0.15) is 23.6 Å². The minimum atomic E-state index is -0.445. The molecule has 3 aromatic rings. The number of benzene rings is 3. The maximum atomic E-state index is 13.6. The highest BCUT2D eigenvalue weighted by molar-refractivity contribution is 8.19. The van der Waals surface area contributed by atoms with Crippen molar-refractivity contribution in [2.45, 2.75) is 20.8 Å². The first-order chi connectivity index (χ1) is 16.9. The highest BCUT2D eigenvalue weighted by atomic mass is 32.2. The van der Waals surface area contributed by atoms with Crippen LogP contribution >= 0.6 is 11.8 Å². The highest BCUT2D eigenvalue weighted by Gasteiger charge is 2.35. The smallest absolute Gasteiger partial charge is 0.344 e. The minimum Gasteiger partial charge on any atom is -0.481 e. The molecule has 1 aliphatic rings. The molecule has 0 aromatic heterocycles. The summed E-state index contributed by atoms with van der Waals surface area (Å²) in [6.45, 7) is 5.85. The average Bonchev–Trinajstić information content (AvgIpc) is 3.15. The van der Waals surface area contributed by atoms with Crippen LogP contribution in [0, 0.1) is 13.8 Å². The number of rotatable bonds is 7. The fourth-order valence-electron chi connectivity index (χ4n) is 3.41. The molecule has 3 aromatic carbocycles. The fraction of sp³-hybridized carbons (Fsp3) is 0.179. The quantitative estimate of drug-likeness (QED) is 0.300. The lowest BCUT2D eigenvalue weighted by Gasteiger charge is -2.16. The summed E-state index contributed by atoms with van der Waals surface area (Å²) in [7, 11) is 0. The molecule has 1 heterocycles. The second-order valence-electron chi connectivity index (χ2n) is 7.95. The number of carbonyl (C=O) groups is 2. The second kappa shape index (κ2) is 11.1. The average molecular weight is 487 g/mol. The number of ether oxygens (including phenoxy) is 2. The lowest BCUT2D eigenvalue weighted by atomic mass is 10.1. The summed E-state index contributed by atoms with van der Waals surface area (Å²) in [4.78, 5) is 32.2. The predicted molar refractivity (Wildman–Crippen MR) is 141 cm³/mol. The largest absolute Gasteiger partial charge is 0.481 e. The third-order valence-corrected chi connectivity index (χ3v) is 6.18. The standard InChI is InChI=1S/C28H26N2O4S/c1-4-33-26(31)18-34-24-8-6-5-7-21(24)17-25-27(32)30(23-15-11-20(3)12-16-23)28(35-25)29-22-13-9-19(2)10-14-22/h5-17H,4,18H2,1-3H3. The maximum absolute atomic E-state index is 13.6. The molecule has 1 saturated heterocycles. The Hall–Kier alpha value is -3.84. The van der Waals surface area contributed by atoms with Gasteiger partial charge in [0.05, 0.1) is 22.9 Å². The van der Waals surface area contributed by atoms with Gasteiger partial charge in [0.25, 0.3) is 5.91 Å². The van der Waals surface area contributed by atoms with Gasteiger partial charge in [-0.2, -0.15) is 0 Å². The van der Waals surface area contributed by atoms with Crippen LogP contribution in [0.4, 0.5) is 11.4 Å². The Morgan fingerprint density at radius 3 is 2.31 bits per heavy atom. The van der Waals surface area contributed by atoms with Gasteiger partial charge in [0, 0.05) is 5.56 Å². The number of carbonyl (C=O) groups excluding carboxylic acids is 2. The lowest BCUT2D eigenvalue weighted by Crippen LogP contribution is -2.28. The van der Waals surface area contributed by atoms with E-state index in [4.69, 9.17) is 14.5 Å². The van der Waals surface area contributed by atoms with E-state index in [0.717, 1.165) is 22.5 Å². The van der Waals surface area contributed by atoms with Gasteiger partial charge in [0.2, 0.25) is 0 Å². The van der Waals surface area contributed by atoms with Gasteiger partial charge in [-0.25, -0.2) is 9.79 Å². The van der Waals surface area contributed by atoms with E-state index in [2.05, 4.69) is 0 Å². The van der Waals surface area contributed by atoms with Gasteiger partial charge in [-0.1, -0.05) is 53.6 Å². The number of hydrogen-bond acceptors (Lipinski definition) is 6. The number of aliphatic imine (C=N–C) groups is 1. The molecule has 0 bridgehead atoms. The molecular weight excluding hydrogens is 460 g/mol. The van der Waals surface area contributed by atoms with Gasteiger partial charge in [-0.05, 0) is 68.9 Å².